The highest BCUT2D eigenvalue weighted by molar-refractivity contribution is 6.00. The first-order valence-electron chi connectivity index (χ1n) is 13.4. The molecule has 3 aromatic carbocycles. The lowest BCUT2D eigenvalue weighted by molar-refractivity contribution is 0.0681. The van der Waals surface area contributed by atoms with Gasteiger partial charge in [0, 0.05) is 67.6 Å². The highest BCUT2D eigenvalue weighted by Crippen LogP contribution is 2.26. The van der Waals surface area contributed by atoms with E-state index in [1.165, 1.54) is 12.1 Å². The molecular formula is C31H32F2N4O3. The Bertz CT molecular complexity index is 1530. The van der Waals surface area contributed by atoms with Crippen LogP contribution < -0.4 is 5.32 Å². The van der Waals surface area contributed by atoms with Crippen molar-refractivity contribution < 1.29 is 23.1 Å². The molecule has 1 aromatic heterocycles. The van der Waals surface area contributed by atoms with Crippen LogP contribution in [0.1, 0.15) is 39.1 Å². The summed E-state index contributed by atoms with van der Waals surface area (Å²) in [4.78, 5) is 27.5. The zero-order chi connectivity index (χ0) is 28.2. The lowest BCUT2D eigenvalue weighted by Gasteiger charge is -2.32. The number of carbonyl (C=O) groups excluding carboxylic acids is 2. The van der Waals surface area contributed by atoms with Crippen molar-refractivity contribution in [1.82, 2.24) is 20.0 Å². The second-order valence-corrected chi connectivity index (χ2v) is 10.2. The lowest BCUT2D eigenvalue weighted by Crippen LogP contribution is -2.39. The molecule has 1 aliphatic heterocycles. The first-order valence-corrected chi connectivity index (χ1v) is 13.4. The van der Waals surface area contributed by atoms with Crippen molar-refractivity contribution in [2.24, 2.45) is 5.92 Å². The summed E-state index contributed by atoms with van der Waals surface area (Å²) < 4.78 is 34.3. The number of rotatable bonds is 8. The summed E-state index contributed by atoms with van der Waals surface area (Å²) in [5.41, 5.74) is 3.80. The SMILES string of the molecule is COCCNC(=O)c1ccc2nn(CC3CCN(C(=O)c4ccc(-c5ccc(F)cc5F)cc4)CC3)cc2c1C. The third-order valence-electron chi connectivity index (χ3n) is 7.56. The predicted octanol–water partition coefficient (Wildman–Crippen LogP) is 5.22. The summed E-state index contributed by atoms with van der Waals surface area (Å²) >= 11 is 0. The molecule has 0 aliphatic carbocycles. The molecule has 2 amide bonds. The number of benzene rings is 3. The van der Waals surface area contributed by atoms with Crippen LogP contribution >= 0.6 is 0 Å². The van der Waals surface area contributed by atoms with Crippen molar-refractivity contribution in [2.45, 2.75) is 26.3 Å². The number of likely N-dealkylation sites (tertiary alicyclic amines) is 1. The van der Waals surface area contributed by atoms with E-state index in [4.69, 9.17) is 9.84 Å². The Labute approximate surface area is 231 Å². The van der Waals surface area contributed by atoms with Crippen LogP contribution in [-0.4, -0.2) is 59.8 Å². The molecule has 0 saturated carbocycles. The minimum atomic E-state index is -0.634. The van der Waals surface area contributed by atoms with Crippen molar-refractivity contribution in [3.63, 3.8) is 0 Å². The number of methoxy groups -OCH3 is 1. The van der Waals surface area contributed by atoms with E-state index in [0.717, 1.165) is 41.9 Å². The zero-order valence-corrected chi connectivity index (χ0v) is 22.6. The Morgan fingerprint density at radius 1 is 1.05 bits per heavy atom. The van der Waals surface area contributed by atoms with Crippen LogP contribution in [0.5, 0.6) is 0 Å². The fourth-order valence-electron chi connectivity index (χ4n) is 5.26. The Morgan fingerprint density at radius 2 is 1.80 bits per heavy atom. The molecule has 5 rings (SSSR count). The Kier molecular flexibility index (Phi) is 8.21. The van der Waals surface area contributed by atoms with Crippen LogP contribution in [0.4, 0.5) is 8.78 Å². The van der Waals surface area contributed by atoms with Gasteiger partial charge in [0.25, 0.3) is 11.8 Å². The smallest absolute Gasteiger partial charge is 0.253 e. The first-order chi connectivity index (χ1) is 19.3. The molecular weight excluding hydrogens is 514 g/mol. The van der Waals surface area contributed by atoms with Crippen LogP contribution in [-0.2, 0) is 11.3 Å². The van der Waals surface area contributed by atoms with Gasteiger partial charge in [0.1, 0.15) is 11.6 Å². The largest absolute Gasteiger partial charge is 0.383 e. The monoisotopic (exact) mass is 546 g/mol. The number of aromatic nitrogens is 2. The maximum absolute atomic E-state index is 14.1. The van der Waals surface area contributed by atoms with Gasteiger partial charge in [-0.05, 0) is 73.2 Å². The summed E-state index contributed by atoms with van der Waals surface area (Å²) in [5.74, 6) is -1.07. The van der Waals surface area contributed by atoms with E-state index in [0.29, 0.717) is 54.4 Å². The van der Waals surface area contributed by atoms with Gasteiger partial charge in [0.15, 0.2) is 0 Å². The molecule has 4 aromatic rings. The molecule has 0 radical (unpaired) electrons. The molecule has 0 unspecified atom stereocenters. The van der Waals surface area contributed by atoms with Gasteiger partial charge in [-0.3, -0.25) is 14.3 Å². The minimum Gasteiger partial charge on any atom is -0.383 e. The summed E-state index contributed by atoms with van der Waals surface area (Å²) in [5, 5.41) is 8.55. The predicted molar refractivity (Wildman–Crippen MR) is 149 cm³/mol. The van der Waals surface area contributed by atoms with Crippen LogP contribution in [0, 0.1) is 24.5 Å². The average molecular weight is 547 g/mol. The van der Waals surface area contributed by atoms with Gasteiger partial charge in [-0.2, -0.15) is 5.10 Å². The van der Waals surface area contributed by atoms with Crippen LogP contribution in [0.15, 0.2) is 60.8 Å². The summed E-state index contributed by atoms with van der Waals surface area (Å²) in [6.45, 7) is 4.87. The van der Waals surface area contributed by atoms with Gasteiger partial charge in [-0.25, -0.2) is 8.78 Å². The first kappa shape index (κ1) is 27.5. The van der Waals surface area contributed by atoms with Gasteiger partial charge in [0.2, 0.25) is 0 Å². The number of ether oxygens (including phenoxy) is 1. The molecule has 1 fully saturated rings. The summed E-state index contributed by atoms with van der Waals surface area (Å²) in [6.07, 6.45) is 3.71. The number of amides is 2. The lowest BCUT2D eigenvalue weighted by atomic mass is 9.96. The van der Waals surface area contributed by atoms with Gasteiger partial charge >= 0.3 is 0 Å². The standard InChI is InChI=1S/C31H32F2N4O3/c1-20-25(30(38)34-13-16-40-2)9-10-29-27(20)19-37(35-29)18-21-11-14-36(15-12-21)31(39)23-5-3-22(4-6-23)26-8-7-24(32)17-28(26)33/h3-10,17,19,21H,11-16,18H2,1-2H3,(H,34,38). The molecule has 208 valence electrons. The molecule has 1 aliphatic rings. The van der Waals surface area contributed by atoms with E-state index in [-0.39, 0.29) is 11.8 Å². The van der Waals surface area contributed by atoms with E-state index in [1.807, 2.05) is 34.8 Å². The molecule has 1 saturated heterocycles. The van der Waals surface area contributed by atoms with E-state index in [9.17, 15) is 18.4 Å². The number of nitrogens with zero attached hydrogens (tertiary/aromatic N) is 3. The van der Waals surface area contributed by atoms with Crippen LogP contribution in [0.25, 0.3) is 22.0 Å². The third kappa shape index (κ3) is 5.89. The number of carbonyl (C=O) groups is 2. The number of halogens is 2. The Morgan fingerprint density at radius 3 is 2.50 bits per heavy atom. The number of nitrogens with one attached hydrogen (secondary N) is 1. The number of aryl methyl sites for hydroxylation is 1. The number of hydrogen-bond donors (Lipinski definition) is 1. The van der Waals surface area contributed by atoms with Crippen molar-refractivity contribution in [3.05, 3.63) is 89.1 Å². The van der Waals surface area contributed by atoms with Gasteiger partial charge in [-0.1, -0.05) is 12.1 Å². The number of piperidine rings is 1. The number of hydrogen-bond acceptors (Lipinski definition) is 4. The quantitative estimate of drug-likeness (QED) is 0.308. The highest BCUT2D eigenvalue weighted by Gasteiger charge is 2.24. The van der Waals surface area contributed by atoms with E-state index < -0.39 is 11.6 Å². The van der Waals surface area contributed by atoms with Crippen molar-refractivity contribution in [2.75, 3.05) is 33.4 Å². The molecule has 0 spiro atoms. The normalized spacial score (nSPS) is 14.1. The van der Waals surface area contributed by atoms with Gasteiger partial charge in [0.05, 0.1) is 12.1 Å². The van der Waals surface area contributed by atoms with E-state index in [1.54, 1.807) is 31.4 Å². The van der Waals surface area contributed by atoms with Gasteiger partial charge in [-0.15, -0.1) is 0 Å². The molecule has 0 bridgehead atoms. The molecule has 0 atom stereocenters. The van der Waals surface area contributed by atoms with Crippen LogP contribution in [0.2, 0.25) is 0 Å². The van der Waals surface area contributed by atoms with Gasteiger partial charge < -0.3 is 15.0 Å². The second kappa shape index (κ2) is 12.0. The summed E-state index contributed by atoms with van der Waals surface area (Å²) in [7, 11) is 1.60. The third-order valence-corrected chi connectivity index (χ3v) is 7.56. The van der Waals surface area contributed by atoms with Crippen molar-refractivity contribution in [1.29, 1.82) is 0 Å². The van der Waals surface area contributed by atoms with Crippen molar-refractivity contribution >= 4 is 22.7 Å². The number of fused-ring (bicyclic) bond motifs is 1. The fourth-order valence-corrected chi connectivity index (χ4v) is 5.26. The maximum atomic E-state index is 14.1. The Hall–Kier alpha value is -4.11. The molecule has 2 heterocycles. The minimum absolute atomic E-state index is 0.0543. The average Bonchev–Trinajstić information content (AvgIpc) is 3.37. The van der Waals surface area contributed by atoms with Crippen LogP contribution in [0.3, 0.4) is 0 Å². The maximum Gasteiger partial charge on any atom is 0.253 e. The van der Waals surface area contributed by atoms with Crippen molar-refractivity contribution in [3.8, 4) is 11.1 Å². The second-order valence-electron chi connectivity index (χ2n) is 10.2. The Balaban J connectivity index is 1.18. The molecule has 40 heavy (non-hydrogen) atoms. The molecule has 1 N–H and O–H groups in total. The topological polar surface area (TPSA) is 76.5 Å². The van der Waals surface area contributed by atoms with E-state index in [2.05, 4.69) is 5.32 Å². The van der Waals surface area contributed by atoms with E-state index >= 15 is 0 Å². The molecule has 7 nitrogen and oxygen atoms in total. The zero-order valence-electron chi connectivity index (χ0n) is 22.6. The summed E-state index contributed by atoms with van der Waals surface area (Å²) in [6, 6.07) is 13.9. The fraction of sp³-hybridized carbons (Fsp3) is 0.323. The highest BCUT2D eigenvalue weighted by atomic mass is 19.1. The molecule has 9 heteroatoms.